The van der Waals surface area contributed by atoms with Gasteiger partial charge in [0.05, 0.1) is 6.04 Å². The van der Waals surface area contributed by atoms with Crippen molar-refractivity contribution in [1.82, 2.24) is 10.3 Å². The molecule has 1 amide bonds. The smallest absolute Gasteiger partial charge is 0.243 e. The van der Waals surface area contributed by atoms with Gasteiger partial charge in [-0.25, -0.2) is 4.98 Å². The van der Waals surface area contributed by atoms with Crippen LogP contribution in [-0.4, -0.2) is 23.5 Å². The van der Waals surface area contributed by atoms with Crippen molar-refractivity contribution < 1.29 is 4.79 Å². The van der Waals surface area contributed by atoms with Crippen LogP contribution in [0.15, 0.2) is 6.20 Å². The van der Waals surface area contributed by atoms with E-state index in [1.165, 1.54) is 4.88 Å². The number of aromatic nitrogens is 1. The zero-order chi connectivity index (χ0) is 10.8. The molecule has 1 fully saturated rings. The summed E-state index contributed by atoms with van der Waals surface area (Å²) in [5.74, 6) is 0.501. The second-order valence-electron chi connectivity index (χ2n) is 4.01. The highest BCUT2D eigenvalue weighted by atomic mass is 32.1. The van der Waals surface area contributed by atoms with E-state index in [1.54, 1.807) is 11.3 Å². The van der Waals surface area contributed by atoms with E-state index in [0.29, 0.717) is 11.0 Å². The molecule has 1 aliphatic rings. The molecule has 4 nitrogen and oxygen atoms in total. The van der Waals surface area contributed by atoms with Crippen LogP contribution < -0.4 is 10.6 Å². The number of rotatable bonds is 3. The summed E-state index contributed by atoms with van der Waals surface area (Å²) in [5, 5.41) is 6.59. The van der Waals surface area contributed by atoms with E-state index < -0.39 is 0 Å². The summed E-state index contributed by atoms with van der Waals surface area (Å²) in [5.41, 5.74) is 0. The fourth-order valence-electron chi connectivity index (χ4n) is 1.32. The summed E-state index contributed by atoms with van der Waals surface area (Å²) >= 11 is 1.55. The predicted molar refractivity (Wildman–Crippen MR) is 61.2 cm³/mol. The highest BCUT2D eigenvalue weighted by Crippen LogP contribution is 2.25. The number of hydrogen-bond acceptors (Lipinski definition) is 4. The van der Waals surface area contributed by atoms with Gasteiger partial charge < -0.3 is 10.6 Å². The maximum Gasteiger partial charge on any atom is 0.243 e. The van der Waals surface area contributed by atoms with Crippen LogP contribution in [0.2, 0.25) is 0 Å². The summed E-state index contributed by atoms with van der Waals surface area (Å²) < 4.78 is 0. The number of nitrogens with zero attached hydrogens (tertiary/aromatic N) is 1. The predicted octanol–water partition coefficient (Wildman–Crippen LogP) is 1.57. The SMILES string of the molecule is CC(C)c1cnc(NC(=O)[C@H]2CCN2)s1. The third-order valence-corrected chi connectivity index (χ3v) is 3.68. The Morgan fingerprint density at radius 2 is 2.47 bits per heavy atom. The molecule has 2 heterocycles. The fraction of sp³-hybridized carbons (Fsp3) is 0.600. The first-order valence-corrected chi connectivity index (χ1v) is 5.98. The number of hydrogen-bond donors (Lipinski definition) is 2. The topological polar surface area (TPSA) is 54.0 Å². The molecule has 1 aromatic heterocycles. The lowest BCUT2D eigenvalue weighted by Crippen LogP contribution is -2.50. The minimum absolute atomic E-state index is 0.0172. The van der Waals surface area contributed by atoms with Crippen LogP contribution in [-0.2, 0) is 4.79 Å². The van der Waals surface area contributed by atoms with Gasteiger partial charge >= 0.3 is 0 Å². The van der Waals surface area contributed by atoms with E-state index in [1.807, 2.05) is 6.20 Å². The Bertz CT molecular complexity index is 357. The molecular weight excluding hydrogens is 210 g/mol. The maximum absolute atomic E-state index is 11.6. The Morgan fingerprint density at radius 3 is 2.93 bits per heavy atom. The minimum atomic E-state index is -0.0172. The summed E-state index contributed by atoms with van der Waals surface area (Å²) in [6, 6.07) is -0.0172. The van der Waals surface area contributed by atoms with E-state index in [9.17, 15) is 4.79 Å². The molecule has 1 atom stereocenters. The average Bonchev–Trinajstić information content (AvgIpc) is 2.48. The lowest BCUT2D eigenvalue weighted by molar-refractivity contribution is -0.119. The van der Waals surface area contributed by atoms with Crippen LogP contribution in [0.3, 0.4) is 0 Å². The summed E-state index contributed by atoms with van der Waals surface area (Å²) in [4.78, 5) is 16.9. The van der Waals surface area contributed by atoms with Crippen LogP contribution in [0.1, 0.15) is 31.1 Å². The number of carbonyl (C=O) groups is 1. The van der Waals surface area contributed by atoms with Crippen LogP contribution in [0.5, 0.6) is 0 Å². The van der Waals surface area contributed by atoms with Gasteiger partial charge in [0.1, 0.15) is 0 Å². The van der Waals surface area contributed by atoms with Gasteiger partial charge in [-0.1, -0.05) is 13.8 Å². The molecule has 82 valence electrons. The molecule has 0 saturated carbocycles. The first-order valence-electron chi connectivity index (χ1n) is 5.17. The Morgan fingerprint density at radius 1 is 1.73 bits per heavy atom. The first-order chi connectivity index (χ1) is 7.16. The number of carbonyl (C=O) groups excluding carboxylic acids is 1. The van der Waals surface area contributed by atoms with Gasteiger partial charge in [0, 0.05) is 11.1 Å². The minimum Gasteiger partial charge on any atom is -0.306 e. The van der Waals surface area contributed by atoms with Gasteiger partial charge in [-0.3, -0.25) is 4.79 Å². The van der Waals surface area contributed by atoms with Crippen LogP contribution >= 0.6 is 11.3 Å². The van der Waals surface area contributed by atoms with Crippen molar-refractivity contribution in [2.24, 2.45) is 0 Å². The van der Waals surface area contributed by atoms with Gasteiger partial charge in [-0.2, -0.15) is 0 Å². The second-order valence-corrected chi connectivity index (χ2v) is 5.07. The van der Waals surface area contributed by atoms with Crippen molar-refractivity contribution in [2.75, 3.05) is 11.9 Å². The molecule has 0 radical (unpaired) electrons. The molecule has 1 aromatic rings. The van der Waals surface area contributed by atoms with Gasteiger partial charge in [-0.05, 0) is 18.9 Å². The Balaban J connectivity index is 1.95. The van der Waals surface area contributed by atoms with Gasteiger partial charge in [0.2, 0.25) is 5.91 Å². The number of thiazole rings is 1. The third-order valence-electron chi connectivity index (χ3n) is 2.46. The quantitative estimate of drug-likeness (QED) is 0.821. The average molecular weight is 225 g/mol. The molecule has 0 aromatic carbocycles. The molecule has 0 spiro atoms. The lowest BCUT2D eigenvalue weighted by Gasteiger charge is -2.25. The largest absolute Gasteiger partial charge is 0.306 e. The van der Waals surface area contributed by atoms with Crippen molar-refractivity contribution in [3.63, 3.8) is 0 Å². The normalized spacial score (nSPS) is 20.1. The Kier molecular flexibility index (Phi) is 3.02. The highest BCUT2D eigenvalue weighted by Gasteiger charge is 2.25. The molecule has 0 unspecified atom stereocenters. The zero-order valence-corrected chi connectivity index (χ0v) is 9.73. The molecule has 0 aliphatic carbocycles. The molecule has 2 N–H and O–H groups in total. The highest BCUT2D eigenvalue weighted by molar-refractivity contribution is 7.15. The van der Waals surface area contributed by atoms with E-state index in [-0.39, 0.29) is 11.9 Å². The second kappa shape index (κ2) is 4.28. The van der Waals surface area contributed by atoms with E-state index in [4.69, 9.17) is 0 Å². The van der Waals surface area contributed by atoms with Crippen molar-refractivity contribution >= 4 is 22.4 Å². The number of amides is 1. The van der Waals surface area contributed by atoms with Crippen molar-refractivity contribution in [2.45, 2.75) is 32.2 Å². The number of nitrogens with one attached hydrogen (secondary N) is 2. The molecular formula is C10H15N3OS. The molecule has 5 heteroatoms. The van der Waals surface area contributed by atoms with Gasteiger partial charge in [0.15, 0.2) is 5.13 Å². The van der Waals surface area contributed by atoms with Crippen molar-refractivity contribution in [1.29, 1.82) is 0 Å². The Hall–Kier alpha value is -0.940. The zero-order valence-electron chi connectivity index (χ0n) is 8.91. The summed E-state index contributed by atoms with van der Waals surface area (Å²) in [6.07, 6.45) is 2.76. The lowest BCUT2D eigenvalue weighted by atomic mass is 10.1. The van der Waals surface area contributed by atoms with Crippen LogP contribution in [0.4, 0.5) is 5.13 Å². The van der Waals surface area contributed by atoms with Crippen LogP contribution in [0, 0.1) is 0 Å². The summed E-state index contributed by atoms with van der Waals surface area (Å²) in [6.45, 7) is 5.17. The van der Waals surface area contributed by atoms with Gasteiger partial charge in [0.25, 0.3) is 0 Å². The standard InChI is InChI=1S/C10H15N3OS/c1-6(2)8-5-12-10(15-8)13-9(14)7-3-4-11-7/h5-7,11H,3-4H2,1-2H3,(H,12,13,14)/t7-/m1/s1. The number of anilines is 1. The van der Waals surface area contributed by atoms with E-state index in [2.05, 4.69) is 29.5 Å². The molecule has 15 heavy (non-hydrogen) atoms. The third kappa shape index (κ3) is 2.35. The molecule has 1 saturated heterocycles. The molecule has 0 bridgehead atoms. The summed E-state index contributed by atoms with van der Waals surface area (Å²) in [7, 11) is 0. The maximum atomic E-state index is 11.6. The molecule has 2 rings (SSSR count). The Labute approximate surface area is 93.1 Å². The van der Waals surface area contributed by atoms with Crippen molar-refractivity contribution in [3.05, 3.63) is 11.1 Å². The monoisotopic (exact) mass is 225 g/mol. The van der Waals surface area contributed by atoms with E-state index >= 15 is 0 Å². The van der Waals surface area contributed by atoms with Gasteiger partial charge in [-0.15, -0.1) is 11.3 Å². The van der Waals surface area contributed by atoms with Crippen molar-refractivity contribution in [3.8, 4) is 0 Å². The fourth-order valence-corrected chi connectivity index (χ4v) is 2.14. The first kappa shape index (κ1) is 10.6. The van der Waals surface area contributed by atoms with Crippen LogP contribution in [0.25, 0.3) is 0 Å². The van der Waals surface area contributed by atoms with E-state index in [0.717, 1.165) is 13.0 Å². The molecule has 1 aliphatic heterocycles.